The first-order chi connectivity index (χ1) is 10.0. The van der Waals surface area contributed by atoms with E-state index in [1.165, 1.54) is 12.4 Å². The molecular weight excluding hydrogens is 275 g/mol. The molecule has 0 aliphatic carbocycles. The number of aryl methyl sites for hydroxylation is 1. The number of carbonyl (C=O) groups is 1. The van der Waals surface area contributed by atoms with Crippen LogP contribution in [0.1, 0.15) is 35.1 Å². The molecule has 1 heterocycles. The highest BCUT2D eigenvalue weighted by atomic mass is 19.1. The summed E-state index contributed by atoms with van der Waals surface area (Å²) in [4.78, 5) is 15.9. The van der Waals surface area contributed by atoms with E-state index in [1.54, 1.807) is 11.6 Å². The fraction of sp³-hybridized carbons (Fsp3) is 0.357. The van der Waals surface area contributed by atoms with Gasteiger partial charge in [-0.2, -0.15) is 5.10 Å². The maximum atomic E-state index is 13.6. The first-order valence-corrected chi connectivity index (χ1v) is 6.62. The van der Waals surface area contributed by atoms with Gasteiger partial charge < -0.3 is 10.5 Å². The van der Waals surface area contributed by atoms with Crippen LogP contribution in [0.5, 0.6) is 0 Å². The van der Waals surface area contributed by atoms with Gasteiger partial charge in [0.15, 0.2) is 12.4 Å². The number of aromatic nitrogens is 3. The highest BCUT2D eigenvalue weighted by molar-refractivity contribution is 5.90. The number of hydrogen-bond donors (Lipinski definition) is 1. The van der Waals surface area contributed by atoms with E-state index in [-0.39, 0.29) is 17.9 Å². The van der Waals surface area contributed by atoms with E-state index in [0.29, 0.717) is 17.9 Å². The summed E-state index contributed by atoms with van der Waals surface area (Å²) in [5.41, 5.74) is 6.25. The van der Waals surface area contributed by atoms with Crippen molar-refractivity contribution in [2.24, 2.45) is 0 Å². The predicted octanol–water partition coefficient (Wildman–Crippen LogP) is 2.07. The molecule has 0 unspecified atom stereocenters. The van der Waals surface area contributed by atoms with Crippen molar-refractivity contribution in [3.63, 3.8) is 0 Å². The van der Waals surface area contributed by atoms with Gasteiger partial charge in [-0.3, -0.25) is 0 Å². The van der Waals surface area contributed by atoms with Gasteiger partial charge in [0, 0.05) is 17.8 Å². The number of carbonyl (C=O) groups excluding carboxylic acids is 1. The number of rotatable bonds is 5. The topological polar surface area (TPSA) is 83.0 Å². The Morgan fingerprint density at radius 3 is 2.90 bits per heavy atom. The van der Waals surface area contributed by atoms with Gasteiger partial charge in [-0.25, -0.2) is 18.9 Å². The van der Waals surface area contributed by atoms with Crippen LogP contribution in [0.15, 0.2) is 18.5 Å². The molecule has 7 heteroatoms. The van der Waals surface area contributed by atoms with E-state index in [4.69, 9.17) is 10.5 Å². The van der Waals surface area contributed by atoms with Crippen molar-refractivity contribution in [3.8, 4) is 0 Å². The number of halogens is 1. The minimum Gasteiger partial charge on any atom is -0.454 e. The molecule has 0 atom stereocenters. The van der Waals surface area contributed by atoms with Crippen molar-refractivity contribution in [1.82, 2.24) is 14.8 Å². The Morgan fingerprint density at radius 2 is 2.24 bits per heavy atom. The molecule has 0 saturated heterocycles. The summed E-state index contributed by atoms with van der Waals surface area (Å²) in [6.07, 6.45) is 2.30. The first-order valence-electron chi connectivity index (χ1n) is 6.62. The van der Waals surface area contributed by atoms with Crippen LogP contribution in [0.4, 0.5) is 10.1 Å². The molecule has 0 radical (unpaired) electrons. The third kappa shape index (κ3) is 3.36. The standard InChI is InChI=1S/C14H17FN4O2/c1-3-4-19-13(17-8-18-19)7-21-14(20)10-5-11(15)9(2)12(16)6-10/h5-6,8H,3-4,7,16H2,1-2H3. The van der Waals surface area contributed by atoms with Gasteiger partial charge in [0.05, 0.1) is 5.56 Å². The van der Waals surface area contributed by atoms with Crippen molar-refractivity contribution in [2.75, 3.05) is 5.73 Å². The molecular formula is C14H17FN4O2. The van der Waals surface area contributed by atoms with Crippen LogP contribution in [0.2, 0.25) is 0 Å². The summed E-state index contributed by atoms with van der Waals surface area (Å²) in [5, 5.41) is 4.03. The quantitative estimate of drug-likeness (QED) is 0.674. The number of benzene rings is 1. The number of ether oxygens (including phenoxy) is 1. The average molecular weight is 292 g/mol. The Balaban J connectivity index is 2.06. The Kier molecular flexibility index (Phi) is 4.52. The number of anilines is 1. The lowest BCUT2D eigenvalue weighted by molar-refractivity contribution is 0.0456. The molecule has 1 aromatic heterocycles. The largest absolute Gasteiger partial charge is 0.454 e. The molecule has 112 valence electrons. The SMILES string of the molecule is CCCn1ncnc1COC(=O)c1cc(N)c(C)c(F)c1. The van der Waals surface area contributed by atoms with Crippen molar-refractivity contribution in [3.05, 3.63) is 41.2 Å². The molecule has 2 aromatic rings. The molecule has 0 saturated carbocycles. The van der Waals surface area contributed by atoms with E-state index < -0.39 is 11.8 Å². The summed E-state index contributed by atoms with van der Waals surface area (Å²) in [6, 6.07) is 2.52. The zero-order valence-corrected chi connectivity index (χ0v) is 12.0. The molecule has 0 aliphatic heterocycles. The minimum atomic E-state index is -0.647. The second-order valence-corrected chi connectivity index (χ2v) is 4.65. The van der Waals surface area contributed by atoms with Crippen molar-refractivity contribution < 1.29 is 13.9 Å². The Labute approximate surface area is 121 Å². The Hall–Kier alpha value is -2.44. The number of nitrogen functional groups attached to an aromatic ring is 1. The molecule has 1 aromatic carbocycles. The molecule has 6 nitrogen and oxygen atoms in total. The van der Waals surface area contributed by atoms with Gasteiger partial charge in [-0.1, -0.05) is 6.92 Å². The Bertz CT molecular complexity index is 631. The Morgan fingerprint density at radius 1 is 1.48 bits per heavy atom. The smallest absolute Gasteiger partial charge is 0.338 e. The highest BCUT2D eigenvalue weighted by Gasteiger charge is 2.14. The summed E-state index contributed by atoms with van der Waals surface area (Å²) >= 11 is 0. The fourth-order valence-electron chi connectivity index (χ4n) is 1.83. The zero-order valence-electron chi connectivity index (χ0n) is 12.0. The lowest BCUT2D eigenvalue weighted by Gasteiger charge is -2.08. The number of hydrogen-bond acceptors (Lipinski definition) is 5. The van der Waals surface area contributed by atoms with Crippen LogP contribution < -0.4 is 5.73 Å². The maximum absolute atomic E-state index is 13.6. The van der Waals surface area contributed by atoms with Crippen LogP contribution in [-0.2, 0) is 17.9 Å². The number of nitrogens with zero attached hydrogens (tertiary/aromatic N) is 3. The summed E-state index contributed by atoms with van der Waals surface area (Å²) in [7, 11) is 0. The second-order valence-electron chi connectivity index (χ2n) is 4.65. The highest BCUT2D eigenvalue weighted by Crippen LogP contribution is 2.18. The molecule has 21 heavy (non-hydrogen) atoms. The maximum Gasteiger partial charge on any atom is 0.338 e. The molecule has 0 aliphatic rings. The second kappa shape index (κ2) is 6.34. The van der Waals surface area contributed by atoms with Gasteiger partial charge in [0.2, 0.25) is 0 Å². The molecule has 0 spiro atoms. The van der Waals surface area contributed by atoms with Crippen molar-refractivity contribution >= 4 is 11.7 Å². The average Bonchev–Trinajstić information content (AvgIpc) is 2.89. The van der Waals surface area contributed by atoms with E-state index in [9.17, 15) is 9.18 Å². The van der Waals surface area contributed by atoms with Crippen LogP contribution in [0, 0.1) is 12.7 Å². The molecule has 0 bridgehead atoms. The van der Waals surface area contributed by atoms with Crippen LogP contribution in [-0.4, -0.2) is 20.7 Å². The lowest BCUT2D eigenvalue weighted by Crippen LogP contribution is -2.11. The first kappa shape index (κ1) is 15.0. The van der Waals surface area contributed by atoms with Crippen LogP contribution in [0.3, 0.4) is 0 Å². The lowest BCUT2D eigenvalue weighted by atomic mass is 10.1. The number of nitrogens with two attached hydrogens (primary N) is 1. The molecule has 2 N–H and O–H groups in total. The van der Waals surface area contributed by atoms with E-state index in [1.807, 2.05) is 6.92 Å². The predicted molar refractivity (Wildman–Crippen MR) is 75.0 cm³/mol. The van der Waals surface area contributed by atoms with Crippen molar-refractivity contribution in [1.29, 1.82) is 0 Å². The molecule has 0 fully saturated rings. The zero-order chi connectivity index (χ0) is 15.4. The van der Waals surface area contributed by atoms with E-state index in [0.717, 1.165) is 12.5 Å². The van der Waals surface area contributed by atoms with Gasteiger partial charge in [0.25, 0.3) is 0 Å². The van der Waals surface area contributed by atoms with Crippen molar-refractivity contribution in [2.45, 2.75) is 33.4 Å². The van der Waals surface area contributed by atoms with Gasteiger partial charge >= 0.3 is 5.97 Å². The van der Waals surface area contributed by atoms with Gasteiger partial charge in [-0.05, 0) is 25.5 Å². The van der Waals surface area contributed by atoms with Gasteiger partial charge in [-0.15, -0.1) is 0 Å². The molecule has 0 amide bonds. The van der Waals surface area contributed by atoms with E-state index >= 15 is 0 Å². The van der Waals surface area contributed by atoms with E-state index in [2.05, 4.69) is 10.1 Å². The summed E-state index contributed by atoms with van der Waals surface area (Å²) < 4.78 is 20.4. The normalized spacial score (nSPS) is 10.6. The minimum absolute atomic E-state index is 0.0196. The fourth-order valence-corrected chi connectivity index (χ4v) is 1.83. The molecule has 2 rings (SSSR count). The van der Waals surface area contributed by atoms with Gasteiger partial charge in [0.1, 0.15) is 12.1 Å². The monoisotopic (exact) mass is 292 g/mol. The summed E-state index contributed by atoms with van der Waals surface area (Å²) in [5.74, 6) is -0.631. The van der Waals surface area contributed by atoms with Crippen LogP contribution >= 0.6 is 0 Å². The summed E-state index contributed by atoms with van der Waals surface area (Å²) in [6.45, 7) is 4.23. The van der Waals surface area contributed by atoms with Crippen LogP contribution in [0.25, 0.3) is 0 Å². The third-order valence-corrected chi connectivity index (χ3v) is 3.08. The third-order valence-electron chi connectivity index (χ3n) is 3.08. The number of esters is 1.